The van der Waals surface area contributed by atoms with Gasteiger partial charge in [0.15, 0.2) is 12.6 Å². The third kappa shape index (κ3) is 7.27. The van der Waals surface area contributed by atoms with Gasteiger partial charge in [-0.15, -0.1) is 0 Å². The summed E-state index contributed by atoms with van der Waals surface area (Å²) in [5, 5.41) is 73.4. The van der Waals surface area contributed by atoms with Crippen molar-refractivity contribution < 1.29 is 55.2 Å². The van der Waals surface area contributed by atoms with E-state index in [1.54, 1.807) is 0 Å². The van der Waals surface area contributed by atoms with Crippen molar-refractivity contribution in [1.82, 2.24) is 5.32 Å². The van der Waals surface area contributed by atoms with Crippen LogP contribution in [-0.2, 0) is 14.3 Å². The summed E-state index contributed by atoms with van der Waals surface area (Å²) < 4.78 is 4.81. The van der Waals surface area contributed by atoms with Gasteiger partial charge in [-0.05, 0) is 0 Å². The molecule has 1 aliphatic heterocycles. The van der Waals surface area contributed by atoms with Gasteiger partial charge >= 0.3 is 0 Å². The minimum Gasteiger partial charge on any atom is -0.394 e. The van der Waals surface area contributed by atoms with Gasteiger partial charge in [0.1, 0.15) is 42.7 Å². The van der Waals surface area contributed by atoms with E-state index in [2.05, 4.69) is 5.32 Å². The van der Waals surface area contributed by atoms with Crippen LogP contribution in [0.4, 0.5) is 0 Å². The molecule has 1 amide bonds. The van der Waals surface area contributed by atoms with E-state index < -0.39 is 68.1 Å². The minimum atomic E-state index is -1.64. The first-order valence-corrected chi connectivity index (χ1v) is 7.28. The maximum atomic E-state index is 10.7. The summed E-state index contributed by atoms with van der Waals surface area (Å²) in [4.78, 5) is 20.5. The van der Waals surface area contributed by atoms with Crippen molar-refractivity contribution in [2.75, 3.05) is 13.2 Å². The zero-order valence-electron chi connectivity index (χ0n) is 13.4. The van der Waals surface area contributed by atoms with Crippen molar-refractivity contribution >= 4 is 12.2 Å². The Hall–Kier alpha value is -1.22. The molecule has 1 heterocycles. The number of ether oxygens (including phenoxy) is 1. The molecular weight excluding hydrogens is 346 g/mol. The van der Waals surface area contributed by atoms with Gasteiger partial charge in [0, 0.05) is 6.92 Å². The van der Waals surface area contributed by atoms with Crippen molar-refractivity contribution in [3.63, 3.8) is 0 Å². The van der Waals surface area contributed by atoms with Crippen LogP contribution in [0.15, 0.2) is 0 Å². The van der Waals surface area contributed by atoms with Gasteiger partial charge in [-0.1, -0.05) is 0 Å². The molecule has 8 atom stereocenters. The summed E-state index contributed by atoms with van der Waals surface area (Å²) in [5.74, 6) is -0.462. The van der Waals surface area contributed by atoms with Gasteiger partial charge in [0.05, 0.1) is 13.2 Å². The van der Waals surface area contributed by atoms with Crippen molar-refractivity contribution in [1.29, 1.82) is 0 Å². The lowest BCUT2D eigenvalue weighted by molar-refractivity contribution is -0.253. The average Bonchev–Trinajstić information content (AvgIpc) is 2.59. The lowest BCUT2D eigenvalue weighted by Crippen LogP contribution is -2.63. The third-order valence-electron chi connectivity index (χ3n) is 3.34. The lowest BCUT2D eigenvalue weighted by Gasteiger charge is -2.40. The fraction of sp³-hybridized carbons (Fsp3) is 0.846. The van der Waals surface area contributed by atoms with Crippen molar-refractivity contribution in [3.8, 4) is 0 Å². The number of amides is 1. The van der Waals surface area contributed by atoms with Crippen LogP contribution in [0.5, 0.6) is 0 Å². The highest BCUT2D eigenvalue weighted by molar-refractivity contribution is 5.73. The number of rotatable bonds is 6. The molecule has 25 heavy (non-hydrogen) atoms. The molecule has 0 saturated carbocycles. The molecule has 0 radical (unpaired) electrons. The molecule has 1 fully saturated rings. The zero-order valence-corrected chi connectivity index (χ0v) is 13.4. The first-order chi connectivity index (χ1) is 11.6. The molecule has 0 spiro atoms. The van der Waals surface area contributed by atoms with Crippen molar-refractivity contribution in [2.24, 2.45) is 0 Å². The van der Waals surface area contributed by atoms with Crippen LogP contribution in [0.1, 0.15) is 6.92 Å². The number of carbonyl (C=O) groups excluding carboxylic acids is 2. The van der Waals surface area contributed by atoms with Gasteiger partial charge in [-0.3, -0.25) is 4.79 Å². The van der Waals surface area contributed by atoms with E-state index in [4.69, 9.17) is 30.3 Å². The molecule has 0 aromatic rings. The number of hydrogen-bond acceptors (Lipinski definition) is 11. The smallest absolute Gasteiger partial charge is 0.217 e. The molecular formula is C13H25NO11. The van der Waals surface area contributed by atoms with Crippen LogP contribution in [0.25, 0.3) is 0 Å². The van der Waals surface area contributed by atoms with Gasteiger partial charge in [-0.2, -0.15) is 0 Å². The first-order valence-electron chi connectivity index (χ1n) is 7.28. The standard InChI is InChI=1S/C8H15NO6.C5H10O5/c1-3(11)9-5-7(13)6(12)4(2-10)15-8(5)14;6-1-3(8)5(10)4(9)2-7/h4-8,10,12-14H,2H2,1H3,(H,9,11);1,3-5,7-10H,2H2/t4-,5-,6-,7-,8?;3-,4+,5+/m10/s1. The molecule has 148 valence electrons. The second-order valence-corrected chi connectivity index (χ2v) is 5.32. The van der Waals surface area contributed by atoms with E-state index in [0.717, 1.165) is 0 Å². The van der Waals surface area contributed by atoms with Gasteiger partial charge < -0.3 is 55.7 Å². The van der Waals surface area contributed by atoms with Crippen molar-refractivity contribution in [3.05, 3.63) is 0 Å². The fourth-order valence-corrected chi connectivity index (χ4v) is 1.90. The first kappa shape index (κ1) is 23.8. The fourth-order valence-electron chi connectivity index (χ4n) is 1.90. The van der Waals surface area contributed by atoms with Crippen LogP contribution >= 0.6 is 0 Å². The molecule has 0 aromatic heterocycles. The van der Waals surface area contributed by atoms with Gasteiger partial charge in [-0.25, -0.2) is 0 Å². The number of aliphatic hydroxyl groups is 8. The predicted molar refractivity (Wildman–Crippen MR) is 78.8 cm³/mol. The molecule has 1 rings (SSSR count). The minimum absolute atomic E-state index is 0.0869. The Kier molecular flexibility index (Phi) is 10.8. The van der Waals surface area contributed by atoms with E-state index in [0.29, 0.717) is 0 Å². The quantitative estimate of drug-likeness (QED) is 0.200. The molecule has 1 unspecified atom stereocenters. The van der Waals surface area contributed by atoms with Gasteiger partial charge in [0.25, 0.3) is 0 Å². The van der Waals surface area contributed by atoms with Crippen LogP contribution in [0, 0.1) is 0 Å². The summed E-state index contributed by atoms with van der Waals surface area (Å²) >= 11 is 0. The Labute approximate surface area is 142 Å². The summed E-state index contributed by atoms with van der Waals surface area (Å²) in [6.45, 7) is -0.00189. The number of carbonyl (C=O) groups is 2. The van der Waals surface area contributed by atoms with E-state index in [9.17, 15) is 24.9 Å². The highest BCUT2D eigenvalue weighted by atomic mass is 16.6. The normalized spacial score (nSPS) is 32.6. The highest BCUT2D eigenvalue weighted by Gasteiger charge is 2.43. The zero-order chi connectivity index (χ0) is 19.7. The van der Waals surface area contributed by atoms with E-state index in [-0.39, 0.29) is 6.29 Å². The number of aldehydes is 1. The molecule has 9 N–H and O–H groups in total. The Morgan fingerprint density at radius 3 is 2.12 bits per heavy atom. The summed E-state index contributed by atoms with van der Waals surface area (Å²) in [7, 11) is 0. The monoisotopic (exact) mass is 371 g/mol. The summed E-state index contributed by atoms with van der Waals surface area (Å²) in [6, 6.07) is -1.10. The Morgan fingerprint density at radius 2 is 1.72 bits per heavy atom. The number of aliphatic hydroxyl groups excluding tert-OH is 8. The summed E-state index contributed by atoms with van der Waals surface area (Å²) in [5.41, 5.74) is 0. The molecule has 1 aliphatic rings. The molecule has 0 bridgehead atoms. The van der Waals surface area contributed by atoms with E-state index in [1.807, 2.05) is 0 Å². The number of hydrogen-bond donors (Lipinski definition) is 9. The summed E-state index contributed by atoms with van der Waals surface area (Å²) in [6.07, 6.45) is -9.87. The van der Waals surface area contributed by atoms with Crippen LogP contribution in [-0.4, -0.2) is 115 Å². The van der Waals surface area contributed by atoms with Crippen LogP contribution in [0.2, 0.25) is 0 Å². The molecule has 0 aromatic carbocycles. The maximum absolute atomic E-state index is 10.7. The lowest BCUT2D eigenvalue weighted by atomic mass is 9.97. The second kappa shape index (κ2) is 11.4. The highest BCUT2D eigenvalue weighted by Crippen LogP contribution is 2.19. The largest absolute Gasteiger partial charge is 0.394 e. The third-order valence-corrected chi connectivity index (χ3v) is 3.34. The van der Waals surface area contributed by atoms with Crippen LogP contribution in [0.3, 0.4) is 0 Å². The van der Waals surface area contributed by atoms with Crippen LogP contribution < -0.4 is 5.32 Å². The van der Waals surface area contributed by atoms with Crippen molar-refractivity contribution in [2.45, 2.75) is 55.9 Å². The molecule has 12 nitrogen and oxygen atoms in total. The molecule has 1 saturated heterocycles. The molecule has 0 aliphatic carbocycles. The Bertz CT molecular complexity index is 409. The topological polar surface area (TPSA) is 217 Å². The Balaban J connectivity index is 0.000000504. The average molecular weight is 371 g/mol. The molecule has 12 heteroatoms. The van der Waals surface area contributed by atoms with E-state index in [1.165, 1.54) is 6.92 Å². The Morgan fingerprint density at radius 1 is 1.16 bits per heavy atom. The van der Waals surface area contributed by atoms with Gasteiger partial charge in [0.2, 0.25) is 5.91 Å². The second-order valence-electron chi connectivity index (χ2n) is 5.32. The van der Waals surface area contributed by atoms with E-state index >= 15 is 0 Å². The maximum Gasteiger partial charge on any atom is 0.217 e. The number of nitrogens with one attached hydrogen (secondary N) is 1. The SMILES string of the molecule is CC(=O)N[C@H]1C(O)O[C@H](CO)[C@@H](O)[C@@H]1O.O=C[C@H](O)[C@@H](O)[C@H](O)CO. The predicted octanol–water partition coefficient (Wildman–Crippen LogP) is -5.82.